The van der Waals surface area contributed by atoms with Gasteiger partial charge in [-0.15, -0.1) is 0 Å². The number of allylic oxidation sites excluding steroid dienone is 1. The lowest BCUT2D eigenvalue weighted by Gasteiger charge is -2.37. The molecule has 0 bridgehead atoms. The Morgan fingerprint density at radius 1 is 0.934 bits per heavy atom. The molecule has 0 unspecified atom stereocenters. The van der Waals surface area contributed by atoms with E-state index in [4.69, 9.17) is 10.5 Å². The van der Waals surface area contributed by atoms with Gasteiger partial charge in [0.2, 0.25) is 23.6 Å². The first-order chi connectivity index (χ1) is 28.9. The number of esters is 1. The number of rotatable bonds is 20. The lowest BCUT2D eigenvalue weighted by Crippen LogP contribution is -2.59. The van der Waals surface area contributed by atoms with Crippen molar-refractivity contribution in [3.05, 3.63) is 41.7 Å². The van der Waals surface area contributed by atoms with Crippen LogP contribution in [-0.2, 0) is 38.3 Å². The second-order valence-electron chi connectivity index (χ2n) is 17.8. The molecule has 0 spiro atoms. The second-order valence-corrected chi connectivity index (χ2v) is 17.8. The number of hydrogen-bond acceptors (Lipinski definition) is 11. The van der Waals surface area contributed by atoms with Gasteiger partial charge in [0, 0.05) is 49.6 Å². The summed E-state index contributed by atoms with van der Waals surface area (Å²) in [6.45, 7) is 6.48. The van der Waals surface area contributed by atoms with E-state index in [9.17, 15) is 48.3 Å². The number of nitrogens with two attached hydrogens (primary N) is 1. The van der Waals surface area contributed by atoms with Crippen LogP contribution in [0, 0.1) is 29.1 Å². The van der Waals surface area contributed by atoms with E-state index in [1.165, 1.54) is 24.4 Å². The SMILES string of the molecule is CCOC(=O)/C=C/CC[C@H](CC(=O)c1cnccc1C(=O)O)C(=O)N[C@H](C(=O)N1CC(=O)C[C@H]1C(=O)N[C@H](C(=O)C[C@H](C(N)=O)C1CCCCC1)C1CCCCC1)C(C)(C)C. The van der Waals surface area contributed by atoms with Gasteiger partial charge in [-0.25, -0.2) is 9.59 Å². The summed E-state index contributed by atoms with van der Waals surface area (Å²) < 4.78 is 4.91. The van der Waals surface area contributed by atoms with Crippen molar-refractivity contribution in [1.29, 1.82) is 0 Å². The third kappa shape index (κ3) is 13.6. The quantitative estimate of drug-likeness (QED) is 0.0816. The van der Waals surface area contributed by atoms with E-state index in [0.29, 0.717) is 12.8 Å². The highest BCUT2D eigenvalue weighted by atomic mass is 16.5. The topological polar surface area (TPSA) is 249 Å². The Kier molecular flexibility index (Phi) is 17.9. The number of nitrogens with one attached hydrogen (secondary N) is 2. The van der Waals surface area contributed by atoms with Crippen molar-refractivity contribution in [2.45, 2.75) is 142 Å². The molecular formula is C45H63N5O11. The Morgan fingerprint density at radius 3 is 2.16 bits per heavy atom. The predicted octanol–water partition coefficient (Wildman–Crippen LogP) is 4.28. The highest BCUT2D eigenvalue weighted by Crippen LogP contribution is 2.34. The highest BCUT2D eigenvalue weighted by Gasteiger charge is 2.46. The maximum absolute atomic E-state index is 14.5. The van der Waals surface area contributed by atoms with Gasteiger partial charge in [0.15, 0.2) is 17.3 Å². The van der Waals surface area contributed by atoms with E-state index < -0.39 is 89.7 Å². The number of Topliss-reactive ketones (excluding diaryl/α,β-unsaturated/α-hetero) is 3. The lowest BCUT2D eigenvalue weighted by atomic mass is 9.75. The minimum Gasteiger partial charge on any atom is -0.478 e. The number of pyridine rings is 1. The molecule has 0 aromatic carbocycles. The Morgan fingerprint density at radius 2 is 1.57 bits per heavy atom. The smallest absolute Gasteiger partial charge is 0.336 e. The third-order valence-corrected chi connectivity index (χ3v) is 12.3. The number of carboxylic acid groups (broad SMARTS) is 1. The molecule has 2 aliphatic carbocycles. The van der Waals surface area contributed by atoms with E-state index in [0.717, 1.165) is 62.5 Å². The normalized spacial score (nSPS) is 19.7. The fourth-order valence-electron chi connectivity index (χ4n) is 8.92. The first-order valence-corrected chi connectivity index (χ1v) is 21.7. The van der Waals surface area contributed by atoms with Crippen LogP contribution in [0.4, 0.5) is 0 Å². The number of primary amides is 1. The van der Waals surface area contributed by atoms with E-state index in [1.54, 1.807) is 27.7 Å². The first kappa shape index (κ1) is 48.4. The summed E-state index contributed by atoms with van der Waals surface area (Å²) in [5, 5.41) is 15.4. The molecule has 1 aliphatic heterocycles. The number of carbonyl (C=O) groups excluding carboxylic acids is 8. The molecule has 1 saturated heterocycles. The number of ether oxygens (including phenoxy) is 1. The number of amides is 4. The molecule has 334 valence electrons. The van der Waals surface area contributed by atoms with Crippen LogP contribution < -0.4 is 16.4 Å². The molecule has 4 amide bonds. The number of likely N-dealkylation sites (tertiary alicyclic amines) is 1. The van der Waals surface area contributed by atoms with Gasteiger partial charge in [-0.3, -0.25) is 38.5 Å². The predicted molar refractivity (Wildman–Crippen MR) is 223 cm³/mol. The number of nitrogens with zero attached hydrogens (tertiary/aromatic N) is 2. The fourth-order valence-corrected chi connectivity index (χ4v) is 8.92. The molecule has 3 aliphatic rings. The summed E-state index contributed by atoms with van der Waals surface area (Å²) in [6.07, 6.45) is 13.0. The van der Waals surface area contributed by atoms with Crippen LogP contribution in [0.5, 0.6) is 0 Å². The van der Waals surface area contributed by atoms with Crippen LogP contribution in [0.15, 0.2) is 30.6 Å². The molecule has 3 fully saturated rings. The zero-order chi connectivity index (χ0) is 44.9. The molecule has 4 rings (SSSR count). The summed E-state index contributed by atoms with van der Waals surface area (Å²) in [5.41, 5.74) is 4.36. The fraction of sp³-hybridized carbons (Fsp3) is 0.644. The molecule has 0 radical (unpaired) electrons. The standard InChI is InChI=1S/C45H63N5O11/c1-5-61-37(54)19-13-12-18-29(22-35(52)33-25-47-21-20-31(33)44(59)60)41(56)49-39(45(2,3)4)43(58)50-26-30(51)23-34(50)42(57)48-38(28-16-10-7-11-17-28)36(53)24-32(40(46)55)27-14-8-6-9-15-27/h13,19-21,25,27-29,32,34,38-39H,5-12,14-18,22-24,26H2,1-4H3,(H2,46,55)(H,48,57)(H,49,56)(H,59,60)/b19-13+/t29-,32+,34+,38+,39-/m1/s1. The zero-order valence-corrected chi connectivity index (χ0v) is 36.0. The number of aromatic nitrogens is 1. The number of carbonyl (C=O) groups is 9. The Balaban J connectivity index is 1.57. The van der Waals surface area contributed by atoms with Crippen molar-refractivity contribution < 1.29 is 53.0 Å². The monoisotopic (exact) mass is 849 g/mol. The molecule has 2 saturated carbocycles. The van der Waals surface area contributed by atoms with Gasteiger partial charge in [-0.1, -0.05) is 65.4 Å². The van der Waals surface area contributed by atoms with Gasteiger partial charge in [-0.05, 0) is 68.8 Å². The molecular weight excluding hydrogens is 787 g/mol. The van der Waals surface area contributed by atoms with Crippen molar-refractivity contribution >= 4 is 52.9 Å². The van der Waals surface area contributed by atoms with E-state index in [1.807, 2.05) is 0 Å². The Bertz CT molecular complexity index is 1830. The minimum absolute atomic E-state index is 0.0145. The van der Waals surface area contributed by atoms with E-state index in [-0.39, 0.29) is 66.8 Å². The summed E-state index contributed by atoms with van der Waals surface area (Å²) in [4.78, 5) is 125. The van der Waals surface area contributed by atoms with Crippen molar-refractivity contribution in [2.75, 3.05) is 13.2 Å². The maximum atomic E-state index is 14.5. The molecule has 16 nitrogen and oxygen atoms in total. The number of hydrogen-bond donors (Lipinski definition) is 4. The van der Waals surface area contributed by atoms with E-state index >= 15 is 0 Å². The molecule has 2 heterocycles. The van der Waals surface area contributed by atoms with Crippen molar-refractivity contribution in [3.8, 4) is 0 Å². The minimum atomic E-state index is -1.36. The average molecular weight is 850 g/mol. The van der Waals surface area contributed by atoms with Crippen LogP contribution in [0.1, 0.15) is 145 Å². The van der Waals surface area contributed by atoms with Crippen molar-refractivity contribution in [3.63, 3.8) is 0 Å². The van der Waals surface area contributed by atoms with Gasteiger partial charge in [-0.2, -0.15) is 0 Å². The second kappa shape index (κ2) is 22.5. The van der Waals surface area contributed by atoms with Gasteiger partial charge < -0.3 is 31.1 Å². The summed E-state index contributed by atoms with van der Waals surface area (Å²) >= 11 is 0. The Labute approximate surface area is 357 Å². The first-order valence-electron chi connectivity index (χ1n) is 21.7. The van der Waals surface area contributed by atoms with Crippen LogP contribution in [-0.4, -0.2) is 99.2 Å². The summed E-state index contributed by atoms with van der Waals surface area (Å²) in [5.74, 6) is -7.95. The van der Waals surface area contributed by atoms with E-state index in [2.05, 4.69) is 15.6 Å². The van der Waals surface area contributed by atoms with Crippen LogP contribution in [0.25, 0.3) is 0 Å². The number of ketones is 3. The Hall–Kier alpha value is -5.28. The lowest BCUT2D eigenvalue weighted by molar-refractivity contribution is -0.145. The summed E-state index contributed by atoms with van der Waals surface area (Å²) in [7, 11) is 0. The van der Waals surface area contributed by atoms with Crippen LogP contribution in [0.3, 0.4) is 0 Å². The van der Waals surface area contributed by atoms with Gasteiger partial charge in [0.25, 0.3) is 0 Å². The van der Waals surface area contributed by atoms with Gasteiger partial charge in [0.1, 0.15) is 12.1 Å². The van der Waals surface area contributed by atoms with Crippen LogP contribution in [0.2, 0.25) is 0 Å². The number of aromatic carboxylic acids is 1. The van der Waals surface area contributed by atoms with Crippen molar-refractivity contribution in [1.82, 2.24) is 20.5 Å². The van der Waals surface area contributed by atoms with Crippen molar-refractivity contribution in [2.24, 2.45) is 34.8 Å². The van der Waals surface area contributed by atoms with Gasteiger partial charge >= 0.3 is 11.9 Å². The maximum Gasteiger partial charge on any atom is 0.336 e. The summed E-state index contributed by atoms with van der Waals surface area (Å²) in [6, 6.07) is -2.35. The molecule has 1 aromatic heterocycles. The van der Waals surface area contributed by atoms with Crippen LogP contribution >= 0.6 is 0 Å². The molecule has 1 aromatic rings. The molecule has 16 heteroatoms. The largest absolute Gasteiger partial charge is 0.478 e. The zero-order valence-electron chi connectivity index (χ0n) is 36.0. The number of carboxylic acids is 1. The van der Waals surface area contributed by atoms with Gasteiger partial charge in [0.05, 0.1) is 30.3 Å². The third-order valence-electron chi connectivity index (χ3n) is 12.3. The molecule has 5 atom stereocenters. The highest BCUT2D eigenvalue weighted by molar-refractivity contribution is 6.07. The average Bonchev–Trinajstić information content (AvgIpc) is 3.63. The molecule has 5 N–H and O–H groups in total. The molecule has 61 heavy (non-hydrogen) atoms.